The van der Waals surface area contributed by atoms with Crippen LogP contribution in [0.5, 0.6) is 23.0 Å². The molecule has 0 atom stereocenters. The number of hydrogen-bond acceptors (Lipinski definition) is 8. The quantitative estimate of drug-likeness (QED) is 0.106. The molecule has 0 fully saturated rings. The van der Waals surface area contributed by atoms with E-state index in [1.54, 1.807) is 84.9 Å². The zero-order chi connectivity index (χ0) is 31.5. The number of Topliss-reactive ketones (excluding diaryl/α,β-unsaturated/α-hetero) is 1. The van der Waals surface area contributed by atoms with E-state index >= 15 is 0 Å². The SMILES string of the molecule is COc1cc(OC)c(OC)cc1/C=C(\NC(=O)c1ccccc1)C(=O)Nc1cccc(SCC(=O)c2ccccc2OC)c1. The molecule has 0 bridgehead atoms. The number of rotatable bonds is 13. The lowest BCUT2D eigenvalue weighted by Crippen LogP contribution is -2.30. The number of benzene rings is 4. The van der Waals surface area contributed by atoms with Crippen molar-refractivity contribution in [1.82, 2.24) is 5.32 Å². The molecule has 0 aliphatic carbocycles. The van der Waals surface area contributed by atoms with Gasteiger partial charge in [0.2, 0.25) is 0 Å². The Kier molecular flexibility index (Phi) is 11.0. The fraction of sp³-hybridized carbons (Fsp3) is 0.147. The lowest BCUT2D eigenvalue weighted by atomic mass is 10.1. The summed E-state index contributed by atoms with van der Waals surface area (Å²) in [6.07, 6.45) is 1.50. The Morgan fingerprint density at radius 3 is 2.07 bits per heavy atom. The van der Waals surface area contributed by atoms with Crippen molar-refractivity contribution in [3.8, 4) is 23.0 Å². The molecule has 0 aliphatic heterocycles. The lowest BCUT2D eigenvalue weighted by molar-refractivity contribution is -0.113. The monoisotopic (exact) mass is 612 g/mol. The highest BCUT2D eigenvalue weighted by Crippen LogP contribution is 2.35. The Hall–Kier alpha value is -5.22. The molecule has 0 radical (unpaired) electrons. The molecule has 4 rings (SSSR count). The summed E-state index contributed by atoms with van der Waals surface area (Å²) in [7, 11) is 6.02. The first kappa shape index (κ1) is 31.7. The Morgan fingerprint density at radius 2 is 1.36 bits per heavy atom. The molecule has 44 heavy (non-hydrogen) atoms. The van der Waals surface area contributed by atoms with E-state index < -0.39 is 11.8 Å². The highest BCUT2D eigenvalue weighted by Gasteiger charge is 2.18. The number of hydrogen-bond donors (Lipinski definition) is 2. The van der Waals surface area contributed by atoms with E-state index in [1.165, 1.54) is 46.3 Å². The van der Waals surface area contributed by atoms with Crippen molar-refractivity contribution in [3.05, 3.63) is 113 Å². The number of methoxy groups -OCH3 is 4. The average molecular weight is 613 g/mol. The molecule has 4 aromatic rings. The number of para-hydroxylation sites is 1. The molecule has 0 saturated heterocycles. The molecule has 0 spiro atoms. The minimum absolute atomic E-state index is 0.0335. The lowest BCUT2D eigenvalue weighted by Gasteiger charge is -2.15. The zero-order valence-corrected chi connectivity index (χ0v) is 25.5. The molecule has 0 aliphatic rings. The second-order valence-electron chi connectivity index (χ2n) is 9.22. The minimum Gasteiger partial charge on any atom is -0.496 e. The summed E-state index contributed by atoms with van der Waals surface area (Å²) < 4.78 is 21.6. The first-order valence-electron chi connectivity index (χ1n) is 13.4. The molecular weight excluding hydrogens is 580 g/mol. The van der Waals surface area contributed by atoms with Gasteiger partial charge >= 0.3 is 0 Å². The van der Waals surface area contributed by atoms with Crippen molar-refractivity contribution < 1.29 is 33.3 Å². The number of ketones is 1. The van der Waals surface area contributed by atoms with E-state index in [4.69, 9.17) is 18.9 Å². The van der Waals surface area contributed by atoms with Crippen LogP contribution in [-0.2, 0) is 4.79 Å². The van der Waals surface area contributed by atoms with Gasteiger partial charge in [0.15, 0.2) is 17.3 Å². The van der Waals surface area contributed by atoms with E-state index in [0.717, 1.165) is 4.90 Å². The van der Waals surface area contributed by atoms with Crippen LogP contribution >= 0.6 is 11.8 Å². The van der Waals surface area contributed by atoms with Gasteiger partial charge in [-0.1, -0.05) is 36.4 Å². The van der Waals surface area contributed by atoms with Crippen molar-refractivity contribution in [2.45, 2.75) is 4.90 Å². The van der Waals surface area contributed by atoms with Gasteiger partial charge in [-0.05, 0) is 54.6 Å². The predicted molar refractivity (Wildman–Crippen MR) is 171 cm³/mol. The number of ether oxygens (including phenoxy) is 4. The third-order valence-electron chi connectivity index (χ3n) is 6.43. The molecule has 2 amide bonds. The topological polar surface area (TPSA) is 112 Å². The van der Waals surface area contributed by atoms with Crippen LogP contribution in [0.15, 0.2) is 102 Å². The fourth-order valence-corrected chi connectivity index (χ4v) is 5.07. The first-order chi connectivity index (χ1) is 21.4. The number of amides is 2. The Labute approximate surface area is 260 Å². The van der Waals surface area contributed by atoms with Crippen molar-refractivity contribution in [1.29, 1.82) is 0 Å². The summed E-state index contributed by atoms with van der Waals surface area (Å²) in [5, 5.41) is 5.57. The van der Waals surface area contributed by atoms with Gasteiger partial charge in [-0.2, -0.15) is 0 Å². The third kappa shape index (κ3) is 7.99. The van der Waals surface area contributed by atoms with Gasteiger partial charge in [-0.15, -0.1) is 11.8 Å². The molecule has 10 heteroatoms. The average Bonchev–Trinajstić information content (AvgIpc) is 3.06. The maximum atomic E-state index is 13.6. The van der Waals surface area contributed by atoms with Crippen LogP contribution in [0.2, 0.25) is 0 Å². The highest BCUT2D eigenvalue weighted by molar-refractivity contribution is 8.00. The summed E-state index contributed by atoms with van der Waals surface area (Å²) in [5.41, 5.74) is 1.80. The van der Waals surface area contributed by atoms with Crippen LogP contribution in [0, 0.1) is 0 Å². The largest absolute Gasteiger partial charge is 0.496 e. The van der Waals surface area contributed by atoms with Gasteiger partial charge in [-0.25, -0.2) is 0 Å². The van der Waals surface area contributed by atoms with Gasteiger partial charge in [0.25, 0.3) is 11.8 Å². The van der Waals surface area contributed by atoms with E-state index in [2.05, 4.69) is 10.6 Å². The molecule has 9 nitrogen and oxygen atoms in total. The van der Waals surface area contributed by atoms with Crippen LogP contribution in [0.1, 0.15) is 26.3 Å². The maximum Gasteiger partial charge on any atom is 0.272 e. The van der Waals surface area contributed by atoms with Crippen LogP contribution in [0.25, 0.3) is 6.08 Å². The molecule has 0 aromatic heterocycles. The van der Waals surface area contributed by atoms with Gasteiger partial charge in [0, 0.05) is 27.8 Å². The van der Waals surface area contributed by atoms with Crippen LogP contribution in [0.4, 0.5) is 5.69 Å². The summed E-state index contributed by atoms with van der Waals surface area (Å²) in [4.78, 5) is 40.3. The van der Waals surface area contributed by atoms with Crippen LogP contribution in [-0.4, -0.2) is 51.8 Å². The predicted octanol–water partition coefficient (Wildman–Crippen LogP) is 6.11. The summed E-state index contributed by atoms with van der Waals surface area (Å²) in [6, 6.07) is 26.0. The van der Waals surface area contributed by atoms with Crippen LogP contribution in [0.3, 0.4) is 0 Å². The van der Waals surface area contributed by atoms with Crippen molar-refractivity contribution in [2.24, 2.45) is 0 Å². The smallest absolute Gasteiger partial charge is 0.272 e. The number of carbonyl (C=O) groups excluding carboxylic acids is 3. The Morgan fingerprint density at radius 1 is 0.705 bits per heavy atom. The molecule has 226 valence electrons. The van der Waals surface area contributed by atoms with Gasteiger partial charge in [0.1, 0.15) is 17.2 Å². The van der Waals surface area contributed by atoms with E-state index in [9.17, 15) is 14.4 Å². The molecule has 0 heterocycles. The molecule has 4 aromatic carbocycles. The maximum absolute atomic E-state index is 13.6. The van der Waals surface area contributed by atoms with Gasteiger partial charge in [-0.3, -0.25) is 14.4 Å². The first-order valence-corrected chi connectivity index (χ1v) is 14.4. The second kappa shape index (κ2) is 15.3. The highest BCUT2D eigenvalue weighted by atomic mass is 32.2. The van der Waals surface area contributed by atoms with Crippen molar-refractivity contribution in [3.63, 3.8) is 0 Å². The zero-order valence-electron chi connectivity index (χ0n) is 24.7. The normalized spacial score (nSPS) is 10.9. The number of thioether (sulfide) groups is 1. The molecule has 0 saturated carbocycles. The summed E-state index contributed by atoms with van der Waals surface area (Å²) in [5.74, 6) is 0.834. The number of carbonyl (C=O) groups is 3. The number of nitrogens with one attached hydrogen (secondary N) is 2. The Bertz CT molecular complexity index is 1670. The Balaban J connectivity index is 1.59. The van der Waals surface area contributed by atoms with Gasteiger partial charge in [0.05, 0.1) is 39.8 Å². The van der Waals surface area contributed by atoms with Crippen LogP contribution < -0.4 is 29.6 Å². The molecule has 0 unspecified atom stereocenters. The van der Waals surface area contributed by atoms with E-state index in [1.807, 2.05) is 6.07 Å². The molecule has 2 N–H and O–H groups in total. The summed E-state index contributed by atoms with van der Waals surface area (Å²) >= 11 is 1.33. The minimum atomic E-state index is -0.571. The van der Waals surface area contributed by atoms with Crippen molar-refractivity contribution in [2.75, 3.05) is 39.5 Å². The van der Waals surface area contributed by atoms with Gasteiger partial charge < -0.3 is 29.6 Å². The standard InChI is InChI=1S/C34H32N2O7S/c1-40-29-16-9-8-15-26(29)28(37)21-44-25-14-10-13-24(19-25)35-34(39)27(36-33(38)22-11-6-5-7-12-22)17-23-18-31(42-3)32(43-4)20-30(23)41-2/h5-20H,21H2,1-4H3,(H,35,39)(H,36,38)/b27-17-. The molecular formula is C34H32N2O7S. The van der Waals surface area contributed by atoms with E-state index in [-0.39, 0.29) is 17.2 Å². The van der Waals surface area contributed by atoms with Crippen molar-refractivity contribution >= 4 is 41.1 Å². The fourth-order valence-electron chi connectivity index (χ4n) is 4.23. The third-order valence-corrected chi connectivity index (χ3v) is 7.43. The summed E-state index contributed by atoms with van der Waals surface area (Å²) in [6.45, 7) is 0. The second-order valence-corrected chi connectivity index (χ2v) is 10.3. The number of anilines is 1. The van der Waals surface area contributed by atoms with E-state index in [0.29, 0.717) is 45.4 Å².